The molecule has 0 aromatic heterocycles. The topological polar surface area (TPSA) is 286 Å². The van der Waals surface area contributed by atoms with Gasteiger partial charge in [-0.25, -0.2) is 0 Å². The molecule has 308 valence electrons. The summed E-state index contributed by atoms with van der Waals surface area (Å²) in [7, 11) is 0. The summed E-state index contributed by atoms with van der Waals surface area (Å²) in [5.74, 6) is -3.20. The lowest BCUT2D eigenvalue weighted by molar-refractivity contribution is -0.393. The minimum absolute atomic E-state index is 0.117. The van der Waals surface area contributed by atoms with E-state index in [2.05, 4.69) is 5.32 Å². The van der Waals surface area contributed by atoms with E-state index in [1.165, 1.54) is 11.0 Å². The van der Waals surface area contributed by atoms with Crippen molar-refractivity contribution >= 4 is 17.1 Å². The van der Waals surface area contributed by atoms with E-state index >= 15 is 0 Å². The molecule has 55 heavy (non-hydrogen) atoms. The third-order valence-electron chi connectivity index (χ3n) is 10.4. The molecule has 6 fully saturated rings. The van der Waals surface area contributed by atoms with Crippen molar-refractivity contribution in [2.45, 2.75) is 151 Å². The fraction of sp³-hybridized carbons (Fsp3) is 0.818. The molecule has 0 amide bonds. The molecule has 0 bridgehead atoms. The number of nitrogens with zero attached hydrogens (tertiary/aromatic N) is 3. The van der Waals surface area contributed by atoms with Crippen molar-refractivity contribution in [3.05, 3.63) is 38.4 Å². The van der Waals surface area contributed by atoms with E-state index in [1.54, 1.807) is 41.5 Å². The van der Waals surface area contributed by atoms with Gasteiger partial charge in [0.15, 0.2) is 36.2 Å². The number of fused-ring (bicyclic) bond motifs is 3. The first-order chi connectivity index (χ1) is 25.6. The molecule has 6 N–H and O–H groups in total. The fourth-order valence-electron chi connectivity index (χ4n) is 8.11. The maximum atomic E-state index is 12.0. The van der Waals surface area contributed by atoms with Gasteiger partial charge in [-0.15, -0.1) is 0 Å². The second-order valence-electron chi connectivity index (χ2n) is 16.0. The van der Waals surface area contributed by atoms with Gasteiger partial charge in [0.05, 0.1) is 40.3 Å². The Bertz CT molecular complexity index is 1570. The van der Waals surface area contributed by atoms with E-state index in [0.717, 1.165) is 12.1 Å². The zero-order chi connectivity index (χ0) is 39.9. The maximum Gasteiger partial charge on any atom is 0.299 e. The van der Waals surface area contributed by atoms with E-state index in [4.69, 9.17) is 42.6 Å². The molecular formula is C33H48N4O18. The van der Waals surface area contributed by atoms with Crippen LogP contribution < -0.4 is 5.32 Å². The van der Waals surface area contributed by atoms with Gasteiger partial charge in [-0.05, 0) is 47.6 Å². The molecule has 0 spiro atoms. The summed E-state index contributed by atoms with van der Waals surface area (Å²) in [6.45, 7) is 8.89. The molecule has 0 radical (unpaired) electrons. The molecule has 0 saturated carbocycles. The summed E-state index contributed by atoms with van der Waals surface area (Å²) in [5, 5.41) is 83.1. The van der Waals surface area contributed by atoms with Crippen LogP contribution in [0.5, 0.6) is 0 Å². The van der Waals surface area contributed by atoms with Crippen molar-refractivity contribution in [1.29, 1.82) is 0 Å². The smallest absolute Gasteiger partial charge is 0.299 e. The van der Waals surface area contributed by atoms with Gasteiger partial charge in [-0.2, -0.15) is 0 Å². The van der Waals surface area contributed by atoms with Gasteiger partial charge in [0.1, 0.15) is 54.5 Å². The number of hydrogen-bond donors (Lipinski definition) is 6. The van der Waals surface area contributed by atoms with E-state index in [9.17, 15) is 45.8 Å². The van der Waals surface area contributed by atoms with E-state index in [1.807, 2.05) is 0 Å². The lowest BCUT2D eigenvalue weighted by Gasteiger charge is -2.36. The SMILES string of the molecule is CC1(C)O[C@H]2O[C@H]([C@H](O)CN(C[C@@H](O)[C@H]3O[C@@H]4OC(C)(C)O[C@@H]4[C@H]3Nc3ccc([N+](=O)[O-])cc3[N+](=O)[O-])C[C@H](O)[C@H]3O[C@@H]4OC(C)(C)O[C@@H]4[C@H]3O)[C@H](O)[C@H]2O1. The van der Waals surface area contributed by atoms with Gasteiger partial charge >= 0.3 is 0 Å². The van der Waals surface area contributed by atoms with Crippen LogP contribution in [0.3, 0.4) is 0 Å². The Morgan fingerprint density at radius 2 is 1.09 bits per heavy atom. The zero-order valence-corrected chi connectivity index (χ0v) is 30.9. The molecule has 15 atom stereocenters. The maximum absolute atomic E-state index is 12.0. The van der Waals surface area contributed by atoms with Crippen LogP contribution in [0.25, 0.3) is 0 Å². The number of hydrogen-bond acceptors (Lipinski definition) is 20. The standard InChI is InChI=1S/C33H48N4O18/c1-31(2)50-25-19(34-14-8-7-13(36(43)44)9-15(14)37(45)46)22(47-28(25)53-31)16(38)10-35(11-17(39)23-20(41)26-29(48-23)54-32(3,4)51-26)12-18(40)24-21(42)27-30(49-24)55-33(5,6)52-27/h7-9,16-30,34,38-42H,10-12H2,1-6H3/t16-,17-,18+,19+,20+,21+,22-,23-,24-,25-,26-,27-,28-,29-,30-/m1/s1. The largest absolute Gasteiger partial charge is 0.389 e. The third-order valence-corrected chi connectivity index (χ3v) is 10.4. The number of anilines is 1. The van der Waals surface area contributed by atoms with Crippen molar-refractivity contribution in [1.82, 2.24) is 4.90 Å². The fourth-order valence-corrected chi connectivity index (χ4v) is 8.11. The Morgan fingerprint density at radius 3 is 1.53 bits per heavy atom. The van der Waals surface area contributed by atoms with Crippen molar-refractivity contribution in [2.24, 2.45) is 0 Å². The first-order valence-electron chi connectivity index (χ1n) is 18.0. The summed E-state index contributed by atoms with van der Waals surface area (Å²) in [5.41, 5.74) is -1.23. The van der Waals surface area contributed by atoms with E-state index < -0.39 is 131 Å². The van der Waals surface area contributed by atoms with Crippen molar-refractivity contribution in [3.63, 3.8) is 0 Å². The minimum Gasteiger partial charge on any atom is -0.389 e. The highest BCUT2D eigenvalue weighted by Crippen LogP contribution is 2.43. The molecule has 6 heterocycles. The number of aliphatic hydroxyl groups excluding tert-OH is 5. The number of benzene rings is 1. The highest BCUT2D eigenvalue weighted by Gasteiger charge is 2.59. The van der Waals surface area contributed by atoms with Gasteiger partial charge in [0, 0.05) is 25.7 Å². The zero-order valence-electron chi connectivity index (χ0n) is 30.9. The molecule has 6 aliphatic heterocycles. The normalized spacial score (nSPS) is 39.8. The van der Waals surface area contributed by atoms with Crippen molar-refractivity contribution in [2.75, 3.05) is 25.0 Å². The Balaban J connectivity index is 1.12. The van der Waals surface area contributed by atoms with Gasteiger partial charge in [-0.1, -0.05) is 0 Å². The molecule has 22 nitrogen and oxygen atoms in total. The first kappa shape index (κ1) is 40.4. The summed E-state index contributed by atoms with van der Waals surface area (Å²) in [4.78, 5) is 23.2. The van der Waals surface area contributed by atoms with E-state index in [-0.39, 0.29) is 25.3 Å². The molecule has 6 saturated heterocycles. The van der Waals surface area contributed by atoms with Crippen molar-refractivity contribution < 1.29 is 78.0 Å². The Labute approximate surface area is 314 Å². The molecule has 1 aromatic carbocycles. The van der Waals surface area contributed by atoms with Crippen LogP contribution in [0, 0.1) is 20.2 Å². The Kier molecular flexibility index (Phi) is 10.7. The number of ether oxygens (including phenoxy) is 9. The van der Waals surface area contributed by atoms with Gasteiger partial charge < -0.3 is 73.5 Å². The van der Waals surface area contributed by atoms with Crippen LogP contribution in [0.2, 0.25) is 0 Å². The monoisotopic (exact) mass is 788 g/mol. The second-order valence-corrected chi connectivity index (χ2v) is 16.0. The number of rotatable bonds is 13. The third kappa shape index (κ3) is 8.04. The number of nitrogens with one attached hydrogen (secondary N) is 1. The van der Waals surface area contributed by atoms with Gasteiger partial charge in [-0.3, -0.25) is 25.1 Å². The number of nitro groups is 2. The summed E-state index contributed by atoms with van der Waals surface area (Å²) in [6.07, 6.45) is -16.3. The summed E-state index contributed by atoms with van der Waals surface area (Å²) >= 11 is 0. The molecular weight excluding hydrogens is 740 g/mol. The molecule has 0 aliphatic carbocycles. The molecule has 22 heteroatoms. The summed E-state index contributed by atoms with van der Waals surface area (Å²) in [6, 6.07) is 2.02. The average Bonchev–Trinajstić information content (AvgIpc) is 3.87. The van der Waals surface area contributed by atoms with Crippen LogP contribution in [0.15, 0.2) is 18.2 Å². The van der Waals surface area contributed by atoms with Crippen molar-refractivity contribution in [3.8, 4) is 0 Å². The lowest BCUT2D eigenvalue weighted by atomic mass is 9.99. The summed E-state index contributed by atoms with van der Waals surface area (Å²) < 4.78 is 52.7. The van der Waals surface area contributed by atoms with Crippen LogP contribution in [0.4, 0.5) is 17.1 Å². The predicted octanol–water partition coefficient (Wildman–Crippen LogP) is -0.981. The first-order valence-corrected chi connectivity index (χ1v) is 18.0. The van der Waals surface area contributed by atoms with Gasteiger partial charge in [0.2, 0.25) is 0 Å². The number of nitro benzene ring substituents is 2. The van der Waals surface area contributed by atoms with Gasteiger partial charge in [0.25, 0.3) is 11.4 Å². The van der Waals surface area contributed by atoms with Crippen LogP contribution in [-0.2, 0) is 42.6 Å². The predicted molar refractivity (Wildman–Crippen MR) is 180 cm³/mol. The lowest BCUT2D eigenvalue weighted by Crippen LogP contribution is -2.54. The molecule has 6 aliphatic rings. The van der Waals surface area contributed by atoms with E-state index in [0.29, 0.717) is 0 Å². The van der Waals surface area contributed by atoms with Crippen LogP contribution in [0.1, 0.15) is 41.5 Å². The molecule has 7 rings (SSSR count). The van der Waals surface area contributed by atoms with Crippen LogP contribution >= 0.6 is 0 Å². The second kappa shape index (κ2) is 14.6. The highest BCUT2D eigenvalue weighted by molar-refractivity contribution is 5.66. The molecule has 0 unspecified atom stereocenters. The quantitative estimate of drug-likeness (QED) is 0.103. The number of aliphatic hydroxyl groups is 5. The van der Waals surface area contributed by atoms with Crippen LogP contribution in [-0.4, -0.2) is 169 Å². The molecule has 1 aromatic rings. The number of non-ortho nitro benzene ring substituents is 1. The Morgan fingerprint density at radius 1 is 0.673 bits per heavy atom. The average molecular weight is 789 g/mol. The highest BCUT2D eigenvalue weighted by atomic mass is 16.9. The minimum atomic E-state index is -1.49. The Hall–Kier alpha value is -2.78.